The molecule has 0 fully saturated rings. The molecule has 0 unspecified atom stereocenters. The lowest BCUT2D eigenvalue weighted by Crippen LogP contribution is -2.11. The van der Waals surface area contributed by atoms with Crippen LogP contribution in [0, 0.1) is 11.5 Å². The molecule has 0 radical (unpaired) electrons. The van der Waals surface area contributed by atoms with Crippen LogP contribution in [0.2, 0.25) is 0 Å². The van der Waals surface area contributed by atoms with Crippen molar-refractivity contribution in [3.8, 4) is 6.19 Å². The first-order chi connectivity index (χ1) is 2.77. The van der Waals surface area contributed by atoms with E-state index in [0.717, 1.165) is 0 Å². The summed E-state index contributed by atoms with van der Waals surface area (Å²) in [6.45, 7) is 1.28. The first-order valence-electron chi connectivity index (χ1n) is 1.43. The van der Waals surface area contributed by atoms with E-state index in [2.05, 4.69) is 0 Å². The summed E-state index contributed by atoms with van der Waals surface area (Å²) in [5, 5.41) is 9.53. The summed E-state index contributed by atoms with van der Waals surface area (Å²) in [7, 11) is 0. The van der Waals surface area contributed by atoms with Crippen LogP contribution in [0.5, 0.6) is 0 Å². The van der Waals surface area contributed by atoms with Gasteiger partial charge in [-0.1, -0.05) is 0 Å². The fourth-order valence-corrected chi connectivity index (χ4v) is 0.0787. The van der Waals surface area contributed by atoms with Crippen LogP contribution in [-0.2, 0) is 4.79 Å². The van der Waals surface area contributed by atoms with Gasteiger partial charge in [0.2, 0.25) is 5.91 Å². The number of carbonyl (C=O) groups is 1. The van der Waals surface area contributed by atoms with Gasteiger partial charge in [0.05, 0.1) is 0 Å². The highest BCUT2D eigenvalue weighted by molar-refractivity contribution is 5.74. The minimum Gasteiger partial charge on any atom is -0.274 e. The molecule has 1 amide bonds. The average Bonchev–Trinajstić information content (AvgIpc) is 1.35. The molecule has 6 heavy (non-hydrogen) atoms. The summed E-state index contributed by atoms with van der Waals surface area (Å²) in [6.07, 6.45) is 1.47. The molecule has 0 spiro atoms. The Hall–Kier alpha value is -1.04. The number of rotatable bonds is 0. The van der Waals surface area contributed by atoms with Gasteiger partial charge in [0.15, 0.2) is 6.19 Å². The van der Waals surface area contributed by atoms with Crippen LogP contribution in [0.3, 0.4) is 0 Å². The number of nitrogens with one attached hydrogen (secondary N) is 1. The Morgan fingerprint density at radius 3 is 2.50 bits per heavy atom. The second kappa shape index (κ2) is 2.21. The highest BCUT2D eigenvalue weighted by Crippen LogP contribution is 1.49. The van der Waals surface area contributed by atoms with Crippen molar-refractivity contribution in [3.63, 3.8) is 0 Å². The smallest absolute Gasteiger partial charge is 0.229 e. The maximum absolute atomic E-state index is 9.71. The first-order valence-corrected chi connectivity index (χ1v) is 1.43. The molecular weight excluding hydrogens is 80.0 g/mol. The molecule has 3 nitrogen and oxygen atoms in total. The van der Waals surface area contributed by atoms with Crippen LogP contribution in [0.1, 0.15) is 6.92 Å². The van der Waals surface area contributed by atoms with Crippen molar-refractivity contribution < 1.29 is 4.79 Å². The normalized spacial score (nSPS) is 6.00. The van der Waals surface area contributed by atoms with E-state index in [0.29, 0.717) is 0 Å². The second-order valence-electron chi connectivity index (χ2n) is 0.793. The van der Waals surface area contributed by atoms with Gasteiger partial charge in [-0.15, -0.1) is 0 Å². The molecule has 0 bridgehead atoms. The van der Waals surface area contributed by atoms with Gasteiger partial charge in [0, 0.05) is 6.92 Å². The SMILES string of the molecule is CC(=O)NC#N. The minimum atomic E-state index is -0.322. The minimum absolute atomic E-state index is 0.322. The van der Waals surface area contributed by atoms with Gasteiger partial charge < -0.3 is 0 Å². The second-order valence-corrected chi connectivity index (χ2v) is 0.793. The zero-order valence-electron chi connectivity index (χ0n) is 3.36. The number of nitrogens with zero attached hydrogens (tertiary/aromatic N) is 1. The maximum Gasteiger partial charge on any atom is 0.229 e. The molecule has 3 heteroatoms. The third-order valence-corrected chi connectivity index (χ3v) is 0.232. The lowest BCUT2D eigenvalue weighted by atomic mass is 10.7. The topological polar surface area (TPSA) is 52.9 Å². The van der Waals surface area contributed by atoms with E-state index in [-0.39, 0.29) is 5.91 Å². The molecular formula is C3H4N2O. The van der Waals surface area contributed by atoms with Crippen molar-refractivity contribution in [1.29, 1.82) is 5.26 Å². The third kappa shape index (κ3) is 2.96. The summed E-state index contributed by atoms with van der Waals surface area (Å²) < 4.78 is 0. The zero-order valence-corrected chi connectivity index (χ0v) is 3.36. The predicted molar refractivity (Wildman–Crippen MR) is 19.4 cm³/mol. The monoisotopic (exact) mass is 84.0 g/mol. The van der Waals surface area contributed by atoms with Crippen LogP contribution in [0.4, 0.5) is 0 Å². The van der Waals surface area contributed by atoms with Crippen molar-refractivity contribution >= 4 is 5.91 Å². The molecule has 0 rings (SSSR count). The fraction of sp³-hybridized carbons (Fsp3) is 0.333. The van der Waals surface area contributed by atoms with Crippen molar-refractivity contribution in [2.45, 2.75) is 6.92 Å². The van der Waals surface area contributed by atoms with Crippen LogP contribution >= 0.6 is 0 Å². The molecule has 32 valence electrons. The Labute approximate surface area is 35.6 Å². The van der Waals surface area contributed by atoms with Crippen molar-refractivity contribution in [2.75, 3.05) is 0 Å². The fourth-order valence-electron chi connectivity index (χ4n) is 0.0787. The number of hydrogen-bond acceptors (Lipinski definition) is 2. The first kappa shape index (κ1) is 4.96. The lowest BCUT2D eigenvalue weighted by Gasteiger charge is -1.76. The molecule has 0 aliphatic heterocycles. The van der Waals surface area contributed by atoms with Crippen LogP contribution in [-0.4, -0.2) is 5.91 Å². The van der Waals surface area contributed by atoms with E-state index in [9.17, 15) is 4.79 Å². The van der Waals surface area contributed by atoms with E-state index in [4.69, 9.17) is 5.26 Å². The van der Waals surface area contributed by atoms with Crippen LogP contribution in [0.25, 0.3) is 0 Å². The van der Waals surface area contributed by atoms with E-state index in [1.54, 1.807) is 0 Å². The van der Waals surface area contributed by atoms with E-state index in [1.165, 1.54) is 13.1 Å². The molecule has 0 atom stereocenters. The molecule has 0 heterocycles. The highest BCUT2D eigenvalue weighted by Gasteiger charge is 1.78. The molecule has 0 saturated carbocycles. The van der Waals surface area contributed by atoms with Gasteiger partial charge >= 0.3 is 0 Å². The van der Waals surface area contributed by atoms with Gasteiger partial charge in [-0.25, -0.2) is 0 Å². The Bertz CT molecular complexity index is 91.5. The largest absolute Gasteiger partial charge is 0.274 e. The predicted octanol–water partition coefficient (Wildman–Crippen LogP) is -0.396. The summed E-state index contributed by atoms with van der Waals surface area (Å²) >= 11 is 0. The van der Waals surface area contributed by atoms with E-state index >= 15 is 0 Å². The zero-order chi connectivity index (χ0) is 4.99. The third-order valence-electron chi connectivity index (χ3n) is 0.232. The summed E-state index contributed by atoms with van der Waals surface area (Å²) in [5.74, 6) is -0.322. The van der Waals surface area contributed by atoms with Gasteiger partial charge in [-0.05, 0) is 0 Å². The summed E-state index contributed by atoms with van der Waals surface area (Å²) in [4.78, 5) is 9.71. The van der Waals surface area contributed by atoms with Gasteiger partial charge in [-0.2, -0.15) is 5.26 Å². The maximum atomic E-state index is 9.71. The van der Waals surface area contributed by atoms with Crippen molar-refractivity contribution in [1.82, 2.24) is 5.32 Å². The van der Waals surface area contributed by atoms with E-state index in [1.807, 2.05) is 5.32 Å². The molecule has 0 aromatic heterocycles. The van der Waals surface area contributed by atoms with Crippen molar-refractivity contribution in [2.24, 2.45) is 0 Å². The number of amides is 1. The molecule has 0 aliphatic carbocycles. The van der Waals surface area contributed by atoms with Gasteiger partial charge in [-0.3, -0.25) is 10.1 Å². The molecule has 0 aromatic rings. The summed E-state index contributed by atoms with van der Waals surface area (Å²) in [6, 6.07) is 0. The Morgan fingerprint density at radius 1 is 2.00 bits per heavy atom. The van der Waals surface area contributed by atoms with E-state index < -0.39 is 0 Å². The van der Waals surface area contributed by atoms with Crippen LogP contribution < -0.4 is 5.32 Å². The standard InChI is InChI=1S/C3H4N2O/c1-3(6)5-2-4/h1H3,(H,5,6). The number of nitriles is 1. The number of hydrogen-bond donors (Lipinski definition) is 1. The quantitative estimate of drug-likeness (QED) is 0.321. The number of carbonyl (C=O) groups excluding carboxylic acids is 1. The Balaban J connectivity index is 3.13. The Kier molecular flexibility index (Phi) is 1.83. The molecule has 1 N–H and O–H groups in total. The Morgan fingerprint density at radius 2 is 2.50 bits per heavy atom. The molecule has 0 aromatic carbocycles. The summed E-state index contributed by atoms with van der Waals surface area (Å²) in [5.41, 5.74) is 0. The van der Waals surface area contributed by atoms with Gasteiger partial charge in [0.1, 0.15) is 0 Å². The highest BCUT2D eigenvalue weighted by atomic mass is 16.1. The lowest BCUT2D eigenvalue weighted by molar-refractivity contribution is -0.117. The average molecular weight is 84.1 g/mol. The molecule has 0 aliphatic rings. The van der Waals surface area contributed by atoms with Crippen molar-refractivity contribution in [3.05, 3.63) is 0 Å². The van der Waals surface area contributed by atoms with Crippen LogP contribution in [0.15, 0.2) is 0 Å². The molecule has 0 saturated heterocycles. The van der Waals surface area contributed by atoms with Gasteiger partial charge in [0.25, 0.3) is 0 Å².